The van der Waals surface area contributed by atoms with Gasteiger partial charge in [0, 0.05) is 38.5 Å². The summed E-state index contributed by atoms with van der Waals surface area (Å²) in [5.74, 6) is 0.473. The van der Waals surface area contributed by atoms with E-state index in [1.807, 2.05) is 0 Å². The lowest BCUT2D eigenvalue weighted by Crippen LogP contribution is -2.46. The van der Waals surface area contributed by atoms with Crippen LogP contribution in [0.5, 0.6) is 5.88 Å². The molecule has 0 saturated carbocycles. The van der Waals surface area contributed by atoms with Crippen LogP contribution in [0.25, 0.3) is 0 Å². The molecule has 1 aliphatic rings. The summed E-state index contributed by atoms with van der Waals surface area (Å²) in [6.07, 6.45) is 3.21. The molecule has 0 aromatic carbocycles. The standard InChI is InChI=1S/C13H21N3O4S/c1-20-13-7-11(4-5-14-13)8-15-21(18,19)16-6-2-3-12(9-16)10-17/h4-5,7,12,15,17H,2-3,6,8-10H2,1H3. The first kappa shape index (κ1) is 16.2. The Hall–Kier alpha value is -1.22. The highest BCUT2D eigenvalue weighted by Crippen LogP contribution is 2.18. The van der Waals surface area contributed by atoms with Crippen molar-refractivity contribution in [1.29, 1.82) is 0 Å². The molecule has 0 amide bonds. The van der Waals surface area contributed by atoms with Crippen LogP contribution in [0, 0.1) is 5.92 Å². The number of methoxy groups -OCH3 is 1. The van der Waals surface area contributed by atoms with Crippen molar-refractivity contribution in [1.82, 2.24) is 14.0 Å². The van der Waals surface area contributed by atoms with E-state index in [2.05, 4.69) is 9.71 Å². The molecule has 118 valence electrons. The predicted molar refractivity (Wildman–Crippen MR) is 77.9 cm³/mol. The third-order valence-corrected chi connectivity index (χ3v) is 5.07. The number of pyridine rings is 1. The summed E-state index contributed by atoms with van der Waals surface area (Å²) in [6.45, 7) is 1.06. The first-order chi connectivity index (χ1) is 10.0. The lowest BCUT2D eigenvalue weighted by molar-refractivity contribution is 0.164. The molecule has 1 aromatic heterocycles. The maximum atomic E-state index is 12.3. The fourth-order valence-corrected chi connectivity index (χ4v) is 3.64. The Morgan fingerprint density at radius 1 is 1.57 bits per heavy atom. The summed E-state index contributed by atoms with van der Waals surface area (Å²) in [7, 11) is -2.02. The van der Waals surface area contributed by atoms with Crippen molar-refractivity contribution in [2.24, 2.45) is 5.92 Å². The van der Waals surface area contributed by atoms with E-state index in [9.17, 15) is 13.5 Å². The molecule has 7 nitrogen and oxygen atoms in total. The molecular formula is C13H21N3O4S. The quantitative estimate of drug-likeness (QED) is 0.778. The number of hydrogen-bond acceptors (Lipinski definition) is 5. The third-order valence-electron chi connectivity index (χ3n) is 3.55. The van der Waals surface area contributed by atoms with Crippen molar-refractivity contribution in [3.8, 4) is 5.88 Å². The van der Waals surface area contributed by atoms with Gasteiger partial charge in [-0.2, -0.15) is 17.4 Å². The number of hydrogen-bond donors (Lipinski definition) is 2. The predicted octanol–water partition coefficient (Wildman–Crippen LogP) is 0.129. The highest BCUT2D eigenvalue weighted by Gasteiger charge is 2.28. The Bertz CT molecular complexity index is 564. The number of aliphatic hydroxyl groups excluding tert-OH is 1. The van der Waals surface area contributed by atoms with Crippen LogP contribution in [-0.4, -0.2) is 49.6 Å². The van der Waals surface area contributed by atoms with Gasteiger partial charge in [0.25, 0.3) is 10.2 Å². The zero-order chi connectivity index (χ0) is 15.3. The van der Waals surface area contributed by atoms with Gasteiger partial charge in [0.1, 0.15) is 0 Å². The second-order valence-electron chi connectivity index (χ2n) is 5.08. The Balaban J connectivity index is 1.97. The zero-order valence-electron chi connectivity index (χ0n) is 12.0. The van der Waals surface area contributed by atoms with Crippen molar-refractivity contribution in [2.75, 3.05) is 26.8 Å². The molecule has 1 aliphatic heterocycles. The van der Waals surface area contributed by atoms with Gasteiger partial charge in [0.15, 0.2) is 0 Å². The van der Waals surface area contributed by atoms with Crippen LogP contribution in [-0.2, 0) is 16.8 Å². The molecule has 2 N–H and O–H groups in total. The lowest BCUT2D eigenvalue weighted by Gasteiger charge is -2.30. The van der Waals surface area contributed by atoms with E-state index in [1.54, 1.807) is 18.3 Å². The highest BCUT2D eigenvalue weighted by molar-refractivity contribution is 7.87. The minimum absolute atomic E-state index is 0.0214. The van der Waals surface area contributed by atoms with Gasteiger partial charge in [-0.15, -0.1) is 0 Å². The van der Waals surface area contributed by atoms with E-state index in [-0.39, 0.29) is 19.1 Å². The third kappa shape index (κ3) is 4.37. The lowest BCUT2D eigenvalue weighted by atomic mass is 10.0. The first-order valence-corrected chi connectivity index (χ1v) is 8.33. The molecule has 1 aromatic rings. The summed E-state index contributed by atoms with van der Waals surface area (Å²) in [5, 5.41) is 9.18. The van der Waals surface area contributed by atoms with Crippen molar-refractivity contribution in [3.05, 3.63) is 23.9 Å². The Kier molecular flexibility index (Phi) is 5.51. The second kappa shape index (κ2) is 7.17. The second-order valence-corrected chi connectivity index (χ2v) is 6.84. The molecule has 2 heterocycles. The molecule has 21 heavy (non-hydrogen) atoms. The Labute approximate surface area is 125 Å². The molecule has 1 atom stereocenters. The summed E-state index contributed by atoms with van der Waals surface area (Å²) in [6, 6.07) is 3.42. The van der Waals surface area contributed by atoms with Crippen LogP contribution in [0.1, 0.15) is 18.4 Å². The Morgan fingerprint density at radius 2 is 2.38 bits per heavy atom. The molecule has 0 bridgehead atoms. The van der Waals surface area contributed by atoms with Crippen molar-refractivity contribution < 1.29 is 18.3 Å². The van der Waals surface area contributed by atoms with Gasteiger partial charge in [0.05, 0.1) is 7.11 Å². The molecule has 0 aliphatic carbocycles. The van der Waals surface area contributed by atoms with Gasteiger partial charge in [-0.25, -0.2) is 4.98 Å². The van der Waals surface area contributed by atoms with Crippen molar-refractivity contribution in [2.45, 2.75) is 19.4 Å². The number of ether oxygens (including phenoxy) is 1. The van der Waals surface area contributed by atoms with Crippen molar-refractivity contribution >= 4 is 10.2 Å². The van der Waals surface area contributed by atoms with Gasteiger partial charge in [-0.1, -0.05) is 0 Å². The molecule has 2 rings (SSSR count). The monoisotopic (exact) mass is 315 g/mol. The van der Waals surface area contributed by atoms with E-state index in [0.29, 0.717) is 19.0 Å². The van der Waals surface area contributed by atoms with Crippen LogP contribution in [0.3, 0.4) is 0 Å². The van der Waals surface area contributed by atoms with Gasteiger partial charge in [0.2, 0.25) is 5.88 Å². The normalized spacial score (nSPS) is 20.4. The topological polar surface area (TPSA) is 91.8 Å². The molecule has 0 spiro atoms. The van der Waals surface area contributed by atoms with Crippen molar-refractivity contribution in [3.63, 3.8) is 0 Å². The fraction of sp³-hybridized carbons (Fsp3) is 0.615. The highest BCUT2D eigenvalue weighted by atomic mass is 32.2. The molecule has 0 radical (unpaired) electrons. The molecule has 1 saturated heterocycles. The number of piperidine rings is 1. The van der Waals surface area contributed by atoms with E-state index in [0.717, 1.165) is 18.4 Å². The van der Waals surface area contributed by atoms with Gasteiger partial charge >= 0.3 is 0 Å². The molecule has 1 fully saturated rings. The number of nitrogens with zero attached hydrogens (tertiary/aromatic N) is 2. The summed E-state index contributed by atoms with van der Waals surface area (Å²) in [5.41, 5.74) is 0.779. The number of rotatable bonds is 6. The number of aromatic nitrogens is 1. The van der Waals surface area contributed by atoms with Gasteiger partial charge in [-0.05, 0) is 30.4 Å². The zero-order valence-corrected chi connectivity index (χ0v) is 12.8. The maximum absolute atomic E-state index is 12.3. The van der Waals surface area contributed by atoms with Gasteiger partial charge in [-0.3, -0.25) is 0 Å². The summed E-state index contributed by atoms with van der Waals surface area (Å²) >= 11 is 0. The van der Waals surface area contributed by atoms with E-state index >= 15 is 0 Å². The van der Waals surface area contributed by atoms with Gasteiger partial charge < -0.3 is 9.84 Å². The number of nitrogens with one attached hydrogen (secondary N) is 1. The molecule has 8 heteroatoms. The largest absolute Gasteiger partial charge is 0.481 e. The SMILES string of the molecule is COc1cc(CNS(=O)(=O)N2CCCC(CO)C2)ccn1. The molecule has 1 unspecified atom stereocenters. The van der Waals surface area contributed by atoms with Crippen LogP contribution >= 0.6 is 0 Å². The smallest absolute Gasteiger partial charge is 0.279 e. The van der Waals surface area contributed by atoms with Crippen LogP contribution in [0.15, 0.2) is 18.3 Å². The average molecular weight is 315 g/mol. The van der Waals surface area contributed by atoms with Crippen LogP contribution in [0.4, 0.5) is 0 Å². The maximum Gasteiger partial charge on any atom is 0.279 e. The van der Waals surface area contributed by atoms with E-state index < -0.39 is 10.2 Å². The average Bonchev–Trinajstić information content (AvgIpc) is 2.53. The summed E-state index contributed by atoms with van der Waals surface area (Å²) < 4.78 is 33.5. The minimum Gasteiger partial charge on any atom is -0.481 e. The summed E-state index contributed by atoms with van der Waals surface area (Å²) in [4.78, 5) is 3.98. The van der Waals surface area contributed by atoms with Crippen LogP contribution < -0.4 is 9.46 Å². The Morgan fingerprint density at radius 3 is 3.10 bits per heavy atom. The van der Waals surface area contributed by atoms with E-state index in [1.165, 1.54) is 11.4 Å². The fourth-order valence-electron chi connectivity index (χ4n) is 2.33. The number of aliphatic hydroxyl groups is 1. The van der Waals surface area contributed by atoms with Crippen LogP contribution in [0.2, 0.25) is 0 Å². The molecular weight excluding hydrogens is 294 g/mol. The van der Waals surface area contributed by atoms with E-state index in [4.69, 9.17) is 4.74 Å². The minimum atomic E-state index is -3.53. The first-order valence-electron chi connectivity index (χ1n) is 6.89.